The van der Waals surface area contributed by atoms with E-state index in [0.29, 0.717) is 18.8 Å². The van der Waals surface area contributed by atoms with Crippen LogP contribution in [-0.4, -0.2) is 29.7 Å². The summed E-state index contributed by atoms with van der Waals surface area (Å²) < 4.78 is 0. The van der Waals surface area contributed by atoms with E-state index < -0.39 is 23.9 Å². The molecule has 1 rings (SSSR count). The number of hydrogen-bond acceptors (Lipinski definition) is 4. The van der Waals surface area contributed by atoms with E-state index in [-0.39, 0.29) is 18.1 Å². The number of nitrogens with one attached hydrogen (secondary N) is 1. The summed E-state index contributed by atoms with van der Waals surface area (Å²) in [6, 6.07) is -1.34. The van der Waals surface area contributed by atoms with E-state index >= 15 is 0 Å². The second-order valence-corrected chi connectivity index (χ2v) is 6.82. The average Bonchev–Trinajstić information content (AvgIpc) is 2.52. The highest BCUT2D eigenvalue weighted by Crippen LogP contribution is 2.27. The Balaban J connectivity index is 2.44. The van der Waals surface area contributed by atoms with Crippen molar-refractivity contribution in [3.05, 3.63) is 0 Å². The summed E-state index contributed by atoms with van der Waals surface area (Å²) in [6.07, 6.45) is 6.96. The van der Waals surface area contributed by atoms with E-state index in [1.54, 1.807) is 0 Å². The van der Waals surface area contributed by atoms with Gasteiger partial charge in [0.2, 0.25) is 11.8 Å². The lowest BCUT2D eigenvalue weighted by Gasteiger charge is -2.24. The Morgan fingerprint density at radius 1 is 1.17 bits per heavy atom. The van der Waals surface area contributed by atoms with Crippen LogP contribution in [0, 0.1) is 11.8 Å². The Kier molecular flexibility index (Phi) is 8.23. The summed E-state index contributed by atoms with van der Waals surface area (Å²) >= 11 is 0. The zero-order chi connectivity index (χ0) is 17.4. The molecule has 1 fully saturated rings. The van der Waals surface area contributed by atoms with Crippen LogP contribution in [0.2, 0.25) is 0 Å². The molecule has 0 aromatic rings. The third kappa shape index (κ3) is 6.69. The Morgan fingerprint density at radius 2 is 1.78 bits per heavy atom. The predicted molar refractivity (Wildman–Crippen MR) is 89.4 cm³/mol. The normalized spacial score (nSPS) is 19.6. The van der Waals surface area contributed by atoms with Gasteiger partial charge in [0.1, 0.15) is 6.04 Å². The molecule has 0 saturated heterocycles. The fourth-order valence-electron chi connectivity index (χ4n) is 3.16. The van der Waals surface area contributed by atoms with Crippen LogP contribution in [0.15, 0.2) is 0 Å². The molecule has 0 unspecified atom stereocenters. The minimum absolute atomic E-state index is 0.0672. The number of carbonyl (C=O) groups excluding carboxylic acids is 3. The largest absolute Gasteiger partial charge is 0.368 e. The molecular weight excluding hydrogens is 294 g/mol. The molecule has 3 atom stereocenters. The number of rotatable bonds is 9. The molecule has 0 aliphatic heterocycles. The monoisotopic (exact) mass is 325 g/mol. The lowest BCUT2D eigenvalue weighted by atomic mass is 9.84. The molecule has 23 heavy (non-hydrogen) atoms. The predicted octanol–water partition coefficient (Wildman–Crippen LogP) is 1.26. The van der Waals surface area contributed by atoms with Crippen LogP contribution >= 0.6 is 0 Å². The van der Waals surface area contributed by atoms with E-state index in [1.165, 1.54) is 19.3 Å². The maximum absolute atomic E-state index is 12.1. The van der Waals surface area contributed by atoms with Crippen molar-refractivity contribution in [2.24, 2.45) is 23.3 Å². The number of ketones is 1. The van der Waals surface area contributed by atoms with Gasteiger partial charge >= 0.3 is 0 Å². The van der Waals surface area contributed by atoms with Crippen molar-refractivity contribution in [2.45, 2.75) is 77.3 Å². The van der Waals surface area contributed by atoms with Crippen LogP contribution in [0.25, 0.3) is 0 Å². The van der Waals surface area contributed by atoms with Gasteiger partial charge in [-0.1, -0.05) is 52.4 Å². The van der Waals surface area contributed by atoms with Gasteiger partial charge in [0.05, 0.1) is 12.5 Å². The Hall–Kier alpha value is -1.43. The third-order valence-corrected chi connectivity index (χ3v) is 4.90. The number of hydrogen-bond donors (Lipinski definition) is 3. The van der Waals surface area contributed by atoms with Crippen LogP contribution in [-0.2, 0) is 14.4 Å². The van der Waals surface area contributed by atoms with Gasteiger partial charge < -0.3 is 16.8 Å². The van der Waals surface area contributed by atoms with E-state index in [0.717, 1.165) is 12.8 Å². The van der Waals surface area contributed by atoms with E-state index in [2.05, 4.69) is 5.32 Å². The van der Waals surface area contributed by atoms with Crippen molar-refractivity contribution in [3.8, 4) is 0 Å². The maximum Gasteiger partial charge on any atom is 0.240 e. The summed E-state index contributed by atoms with van der Waals surface area (Å²) in [5, 5.41) is 2.57. The van der Waals surface area contributed by atoms with Gasteiger partial charge in [-0.25, -0.2) is 0 Å². The molecule has 132 valence electrons. The molecule has 1 aliphatic carbocycles. The van der Waals surface area contributed by atoms with Crippen molar-refractivity contribution in [2.75, 3.05) is 0 Å². The smallest absolute Gasteiger partial charge is 0.240 e. The van der Waals surface area contributed by atoms with Crippen molar-refractivity contribution >= 4 is 17.6 Å². The summed E-state index contributed by atoms with van der Waals surface area (Å²) in [4.78, 5) is 35.5. The zero-order valence-corrected chi connectivity index (χ0v) is 14.3. The maximum atomic E-state index is 12.1. The fraction of sp³-hybridized carbons (Fsp3) is 0.824. The standard InChI is InChI=1S/C17H31N3O3/c1-3-11(2)16(17(19)23)20-15(22)10-14(21)13(18)9-12-7-5-4-6-8-12/h11-13,16H,3-10,18H2,1-2H3,(H2,19,23)(H,20,22)/t11-,13-,16-/m0/s1. The first-order valence-corrected chi connectivity index (χ1v) is 8.72. The first-order valence-electron chi connectivity index (χ1n) is 8.72. The first kappa shape index (κ1) is 19.6. The number of Topliss-reactive ketones (excluding diaryl/α,β-unsaturated/α-hetero) is 1. The molecular formula is C17H31N3O3. The highest BCUT2D eigenvalue weighted by atomic mass is 16.2. The molecule has 2 amide bonds. The summed E-state index contributed by atoms with van der Waals surface area (Å²) in [5.41, 5.74) is 11.3. The molecule has 0 radical (unpaired) electrons. The molecule has 1 aliphatic rings. The second kappa shape index (κ2) is 9.65. The van der Waals surface area contributed by atoms with Crippen LogP contribution in [0.4, 0.5) is 0 Å². The highest BCUT2D eigenvalue weighted by Gasteiger charge is 2.26. The highest BCUT2D eigenvalue weighted by molar-refractivity contribution is 6.01. The molecule has 0 aromatic heterocycles. The van der Waals surface area contributed by atoms with Gasteiger partial charge in [-0.15, -0.1) is 0 Å². The van der Waals surface area contributed by atoms with Crippen LogP contribution in [0.3, 0.4) is 0 Å². The zero-order valence-electron chi connectivity index (χ0n) is 14.3. The molecule has 0 aromatic carbocycles. The number of nitrogens with two attached hydrogens (primary N) is 2. The van der Waals surface area contributed by atoms with Crippen LogP contribution in [0.1, 0.15) is 65.2 Å². The van der Waals surface area contributed by atoms with E-state index in [1.807, 2.05) is 13.8 Å². The number of primary amides is 1. The van der Waals surface area contributed by atoms with Crippen LogP contribution in [0.5, 0.6) is 0 Å². The van der Waals surface area contributed by atoms with E-state index in [9.17, 15) is 14.4 Å². The van der Waals surface area contributed by atoms with E-state index in [4.69, 9.17) is 11.5 Å². The quantitative estimate of drug-likeness (QED) is 0.553. The Labute approximate surface area is 138 Å². The van der Waals surface area contributed by atoms with Gasteiger partial charge in [-0.2, -0.15) is 0 Å². The Bertz CT molecular complexity index is 419. The van der Waals surface area contributed by atoms with Crippen LogP contribution < -0.4 is 16.8 Å². The van der Waals surface area contributed by atoms with Gasteiger partial charge in [-0.3, -0.25) is 14.4 Å². The second-order valence-electron chi connectivity index (χ2n) is 6.82. The summed E-state index contributed by atoms with van der Waals surface area (Å²) in [7, 11) is 0. The van der Waals surface area contributed by atoms with Crippen molar-refractivity contribution in [1.82, 2.24) is 5.32 Å². The fourth-order valence-corrected chi connectivity index (χ4v) is 3.16. The molecule has 1 saturated carbocycles. The van der Waals surface area contributed by atoms with Crippen molar-refractivity contribution in [1.29, 1.82) is 0 Å². The molecule has 5 N–H and O–H groups in total. The third-order valence-electron chi connectivity index (χ3n) is 4.90. The van der Waals surface area contributed by atoms with Gasteiger partial charge in [0, 0.05) is 0 Å². The molecule has 0 bridgehead atoms. The lowest BCUT2D eigenvalue weighted by Crippen LogP contribution is -2.49. The van der Waals surface area contributed by atoms with Gasteiger partial charge in [0.15, 0.2) is 5.78 Å². The number of amides is 2. The molecule has 0 heterocycles. The first-order chi connectivity index (χ1) is 10.8. The topological polar surface area (TPSA) is 115 Å². The lowest BCUT2D eigenvalue weighted by molar-refractivity contribution is -0.132. The van der Waals surface area contributed by atoms with Gasteiger partial charge in [0.25, 0.3) is 0 Å². The minimum atomic E-state index is -0.741. The molecule has 0 spiro atoms. The molecule has 6 nitrogen and oxygen atoms in total. The summed E-state index contributed by atoms with van der Waals surface area (Å²) in [5.74, 6) is -0.892. The molecule has 6 heteroatoms. The number of carbonyl (C=O) groups is 3. The van der Waals surface area contributed by atoms with Crippen molar-refractivity contribution < 1.29 is 14.4 Å². The minimum Gasteiger partial charge on any atom is -0.368 e. The average molecular weight is 325 g/mol. The Morgan fingerprint density at radius 3 is 2.30 bits per heavy atom. The van der Waals surface area contributed by atoms with Crippen molar-refractivity contribution in [3.63, 3.8) is 0 Å². The summed E-state index contributed by atoms with van der Waals surface area (Å²) in [6.45, 7) is 3.75. The van der Waals surface area contributed by atoms with Gasteiger partial charge in [-0.05, 0) is 18.3 Å². The SMILES string of the molecule is CC[C@H](C)[C@H](NC(=O)CC(=O)[C@@H](N)CC1CCCCC1)C(N)=O.